The molecule has 5 rings (SSSR count). The quantitative estimate of drug-likeness (QED) is 0.181. The van der Waals surface area contributed by atoms with Crippen molar-refractivity contribution in [2.24, 2.45) is 0 Å². The molecule has 0 spiro atoms. The van der Waals surface area contributed by atoms with Gasteiger partial charge in [-0.25, -0.2) is 4.79 Å². The molecule has 11 nitrogen and oxygen atoms in total. The highest BCUT2D eigenvalue weighted by atomic mass is 16.6. The molecule has 3 aromatic carbocycles. The third-order valence-electron chi connectivity index (χ3n) is 7.89. The molecule has 4 aromatic rings. The summed E-state index contributed by atoms with van der Waals surface area (Å²) in [5.41, 5.74) is 0.264. The largest absolute Gasteiger partial charge is 0.497 e. The number of methoxy groups -OCH3 is 2. The summed E-state index contributed by atoms with van der Waals surface area (Å²) in [7, 11) is 3.19. The summed E-state index contributed by atoms with van der Waals surface area (Å²) in [6.45, 7) is 1.44. The number of rotatable bonds is 12. The second-order valence-electron chi connectivity index (χ2n) is 10.6. The van der Waals surface area contributed by atoms with Crippen LogP contribution in [0.5, 0.6) is 11.5 Å². The van der Waals surface area contributed by atoms with Gasteiger partial charge in [0.15, 0.2) is 6.23 Å². The average Bonchev–Trinajstić information content (AvgIpc) is 3.38. The van der Waals surface area contributed by atoms with Gasteiger partial charge in [0.1, 0.15) is 35.4 Å². The first-order valence-electron chi connectivity index (χ1n) is 14.4. The minimum absolute atomic E-state index is 0.00833. The third kappa shape index (κ3) is 6.41. The number of nitriles is 1. The topological polar surface area (TPSA) is 145 Å². The lowest BCUT2D eigenvalue weighted by atomic mass is 9.80. The number of aliphatic hydroxyl groups excluding tert-OH is 1. The van der Waals surface area contributed by atoms with E-state index in [0.29, 0.717) is 11.5 Å². The van der Waals surface area contributed by atoms with E-state index < -0.39 is 41.4 Å². The van der Waals surface area contributed by atoms with Gasteiger partial charge in [-0.15, -0.1) is 0 Å². The highest BCUT2D eigenvalue weighted by molar-refractivity contribution is 5.49. The molecule has 2 N–H and O–H groups in total. The van der Waals surface area contributed by atoms with E-state index in [1.165, 1.54) is 10.8 Å². The molecule has 0 saturated carbocycles. The van der Waals surface area contributed by atoms with Crippen molar-refractivity contribution < 1.29 is 28.8 Å². The molecule has 1 aliphatic heterocycles. The minimum Gasteiger partial charge on any atom is -0.497 e. The first-order valence-corrected chi connectivity index (χ1v) is 14.4. The first kappa shape index (κ1) is 31.7. The molecule has 234 valence electrons. The number of aromatic amines is 1. The number of aliphatic hydroxyl groups is 1. The van der Waals surface area contributed by atoms with Crippen molar-refractivity contribution in [2.75, 3.05) is 27.4 Å². The van der Waals surface area contributed by atoms with Gasteiger partial charge in [-0.3, -0.25) is 14.3 Å². The zero-order valence-electron chi connectivity index (χ0n) is 25.2. The van der Waals surface area contributed by atoms with Gasteiger partial charge in [0, 0.05) is 11.8 Å². The van der Waals surface area contributed by atoms with Gasteiger partial charge >= 0.3 is 5.69 Å². The van der Waals surface area contributed by atoms with Crippen molar-refractivity contribution in [1.82, 2.24) is 9.55 Å². The van der Waals surface area contributed by atoms with Crippen molar-refractivity contribution in [3.63, 3.8) is 0 Å². The molecule has 1 fully saturated rings. The van der Waals surface area contributed by atoms with E-state index >= 15 is 0 Å². The predicted octanol–water partition coefficient (Wildman–Crippen LogP) is 3.43. The van der Waals surface area contributed by atoms with E-state index in [9.17, 15) is 14.7 Å². The molecule has 1 aromatic heterocycles. The van der Waals surface area contributed by atoms with Crippen molar-refractivity contribution in [1.29, 1.82) is 5.26 Å². The van der Waals surface area contributed by atoms with Crippen LogP contribution >= 0.6 is 0 Å². The molecular formula is C34H35N3O8. The molecule has 4 atom stereocenters. The Balaban J connectivity index is 1.57. The Bertz CT molecular complexity index is 1680. The fourth-order valence-electron chi connectivity index (χ4n) is 5.56. The fraction of sp³-hybridized carbons (Fsp3) is 0.324. The lowest BCUT2D eigenvalue weighted by Gasteiger charge is -2.37. The van der Waals surface area contributed by atoms with Crippen LogP contribution in [0.1, 0.15) is 34.9 Å². The van der Waals surface area contributed by atoms with E-state index in [0.717, 1.165) is 16.7 Å². The highest BCUT2D eigenvalue weighted by Crippen LogP contribution is 2.43. The number of hydrogen-bond acceptors (Lipinski definition) is 9. The SMILES string of the molecule is COc1ccc(C(OC[C@H]2O[C@@H](n3cc(C)c(=O)[nH]c3=O)[C@H](OCCC#N)[C@@H]2O)(c2ccccc2)c2ccc(OC)cc2)cc1. The van der Waals surface area contributed by atoms with E-state index in [1.54, 1.807) is 21.1 Å². The summed E-state index contributed by atoms with van der Waals surface area (Å²) < 4.78 is 31.1. The summed E-state index contributed by atoms with van der Waals surface area (Å²) in [4.78, 5) is 27.2. The van der Waals surface area contributed by atoms with Gasteiger partial charge < -0.3 is 28.8 Å². The lowest BCUT2D eigenvalue weighted by Crippen LogP contribution is -2.41. The average molecular weight is 614 g/mol. The summed E-state index contributed by atoms with van der Waals surface area (Å²) in [6.07, 6.45) is -2.88. The van der Waals surface area contributed by atoms with Gasteiger partial charge in [-0.2, -0.15) is 5.26 Å². The Morgan fingerprint density at radius 3 is 2.07 bits per heavy atom. The normalized spacial score (nSPS) is 19.6. The summed E-state index contributed by atoms with van der Waals surface area (Å²) >= 11 is 0. The second-order valence-corrected chi connectivity index (χ2v) is 10.6. The number of benzene rings is 3. The molecular weight excluding hydrogens is 578 g/mol. The van der Waals surface area contributed by atoms with E-state index in [4.69, 9.17) is 28.9 Å². The molecule has 0 amide bonds. The van der Waals surface area contributed by atoms with Crippen molar-refractivity contribution in [3.8, 4) is 17.6 Å². The zero-order chi connectivity index (χ0) is 32.0. The van der Waals surface area contributed by atoms with E-state index in [2.05, 4.69) is 4.98 Å². The maximum Gasteiger partial charge on any atom is 0.330 e. The van der Waals surface area contributed by atoms with Crippen LogP contribution in [0.3, 0.4) is 0 Å². The molecule has 45 heavy (non-hydrogen) atoms. The number of aromatic nitrogens is 2. The number of nitrogens with zero attached hydrogens (tertiary/aromatic N) is 2. The molecule has 1 saturated heterocycles. The van der Waals surface area contributed by atoms with Crippen LogP contribution in [-0.4, -0.2) is 60.4 Å². The first-order chi connectivity index (χ1) is 21.8. The number of hydrogen-bond donors (Lipinski definition) is 2. The number of H-pyrrole nitrogens is 1. The zero-order valence-corrected chi connectivity index (χ0v) is 25.2. The molecule has 0 aliphatic carbocycles. The van der Waals surface area contributed by atoms with Gasteiger partial charge in [-0.05, 0) is 47.9 Å². The lowest BCUT2D eigenvalue weighted by molar-refractivity contribution is -0.0980. The predicted molar refractivity (Wildman–Crippen MR) is 164 cm³/mol. The number of ether oxygens (including phenoxy) is 5. The van der Waals surface area contributed by atoms with E-state index in [1.807, 2.05) is 84.9 Å². The molecule has 0 unspecified atom stereocenters. The van der Waals surface area contributed by atoms with Crippen molar-refractivity contribution >= 4 is 0 Å². The summed E-state index contributed by atoms with van der Waals surface area (Å²) in [5.74, 6) is 1.35. The van der Waals surface area contributed by atoms with Gasteiger partial charge in [0.05, 0.1) is 39.9 Å². The third-order valence-corrected chi connectivity index (χ3v) is 7.89. The number of aryl methyl sites for hydroxylation is 1. The van der Waals surface area contributed by atoms with Crippen LogP contribution in [0.4, 0.5) is 0 Å². The Kier molecular flexibility index (Phi) is 9.80. The van der Waals surface area contributed by atoms with Gasteiger partial charge in [0.2, 0.25) is 0 Å². The minimum atomic E-state index is -1.24. The fourth-order valence-corrected chi connectivity index (χ4v) is 5.56. The monoisotopic (exact) mass is 613 g/mol. The highest BCUT2D eigenvalue weighted by Gasteiger charge is 2.48. The molecule has 1 aliphatic rings. The maximum absolute atomic E-state index is 12.8. The molecule has 11 heteroatoms. The standard InChI is InChI=1S/C34H35N3O8/c1-22-20-37(33(40)36-31(22)39)32-30(43-19-7-18-35)29(38)28(45-32)21-44-34(23-8-5-4-6-9-23,24-10-14-26(41-2)15-11-24)25-12-16-27(42-3)17-13-25/h4-6,8-17,20,28-30,32,38H,7,19,21H2,1-3H3,(H,36,39,40)/t28-,29-,30-,32-/m1/s1. The summed E-state index contributed by atoms with van der Waals surface area (Å²) in [5, 5.41) is 20.6. The second kappa shape index (κ2) is 13.9. The summed E-state index contributed by atoms with van der Waals surface area (Å²) in [6, 6.07) is 26.7. The number of nitrogens with one attached hydrogen (secondary N) is 1. The Morgan fingerprint density at radius 2 is 1.51 bits per heavy atom. The molecule has 2 heterocycles. The van der Waals surface area contributed by atoms with Crippen LogP contribution in [0, 0.1) is 18.3 Å². The van der Waals surface area contributed by atoms with Crippen LogP contribution < -0.4 is 20.7 Å². The molecule has 0 radical (unpaired) electrons. The van der Waals surface area contributed by atoms with E-state index in [-0.39, 0.29) is 25.2 Å². The van der Waals surface area contributed by atoms with Crippen molar-refractivity contribution in [2.45, 2.75) is 43.5 Å². The van der Waals surface area contributed by atoms with Crippen LogP contribution in [-0.2, 0) is 19.8 Å². The Hall–Kier alpha value is -4.73. The van der Waals surface area contributed by atoms with Gasteiger partial charge in [0.25, 0.3) is 5.56 Å². The van der Waals surface area contributed by atoms with Crippen LogP contribution in [0.2, 0.25) is 0 Å². The van der Waals surface area contributed by atoms with Crippen LogP contribution in [0.25, 0.3) is 0 Å². The van der Waals surface area contributed by atoms with Gasteiger partial charge in [-0.1, -0.05) is 54.6 Å². The van der Waals surface area contributed by atoms with Crippen LogP contribution in [0.15, 0.2) is 94.6 Å². The maximum atomic E-state index is 12.8. The van der Waals surface area contributed by atoms with Crippen molar-refractivity contribution in [3.05, 3.63) is 128 Å². The Morgan fingerprint density at radius 1 is 0.933 bits per heavy atom. The smallest absolute Gasteiger partial charge is 0.330 e. The molecule has 0 bridgehead atoms. The Labute approximate surface area is 260 Å².